The van der Waals surface area contributed by atoms with Crippen molar-refractivity contribution in [2.75, 3.05) is 0 Å². The van der Waals surface area contributed by atoms with Crippen LogP contribution >= 0.6 is 0 Å². The number of para-hydroxylation sites is 2. The molecule has 0 bridgehead atoms. The number of nitriles is 1. The van der Waals surface area contributed by atoms with Gasteiger partial charge in [0.05, 0.1) is 56.2 Å². The minimum Gasteiger partial charge on any atom is -0.309 e. The maximum absolute atomic E-state index is 14.5. The Hall–Kier alpha value is -8.35. The Labute approximate surface area is 412 Å². The third-order valence-electron chi connectivity index (χ3n) is 14.1. The van der Waals surface area contributed by atoms with Crippen LogP contribution in [0.4, 0.5) is 26.3 Å². The summed E-state index contributed by atoms with van der Waals surface area (Å²) in [4.78, 5) is 0. The number of benzene rings is 9. The summed E-state index contributed by atoms with van der Waals surface area (Å²) in [5.74, 6) is 0. The molecule has 0 amide bonds. The van der Waals surface area contributed by atoms with Gasteiger partial charge in [0.15, 0.2) is 0 Å². The lowest BCUT2D eigenvalue weighted by Crippen LogP contribution is -2.11. The Kier molecular flexibility index (Phi) is 10.8. The SMILES string of the molecule is Cc1cc(C)c(-c2ccc3c(c2)c2ccccc2n3-c2ccc(C#N)cc2-c2cc(-c3cc(C(F)(F)F)cc(C(F)(F)F)c3)ccc2-n2c3ccccc3c3cc(-c4c(C)cc(C)cc4C)ccc32)c(C)c1. The number of alkyl halides is 6. The van der Waals surface area contributed by atoms with E-state index in [2.05, 4.69) is 130 Å². The average molecular weight is 958 g/mol. The predicted octanol–water partition coefficient (Wildman–Crippen LogP) is 18.3. The molecule has 2 aromatic heterocycles. The van der Waals surface area contributed by atoms with Crippen LogP contribution in [0.3, 0.4) is 0 Å². The van der Waals surface area contributed by atoms with Crippen molar-refractivity contribution in [1.82, 2.24) is 9.13 Å². The summed E-state index contributed by atoms with van der Waals surface area (Å²) >= 11 is 0. The molecular formula is C63H45F6N3. The van der Waals surface area contributed by atoms with Gasteiger partial charge in [-0.25, -0.2) is 0 Å². The van der Waals surface area contributed by atoms with Crippen LogP contribution in [0.2, 0.25) is 0 Å². The molecule has 0 aliphatic heterocycles. The standard InChI is InChI=1S/C63H45F6N3/c1-35-23-37(3)60(38(4)24-35)43-17-21-57-51(31-43)48-11-7-9-13-54(48)71(57)56-19-15-41(34-70)27-50(56)53-30-42(45-28-46(62(64,65)66)33-47(29-45)63(67,68)69)16-20-59(53)72-55-14-10-8-12-49(55)52-32-44(18-22-58(52)72)61-39(5)25-36(2)26-40(61)6/h7-33H,1-6H3. The maximum atomic E-state index is 14.5. The van der Waals surface area contributed by atoms with E-state index in [1.165, 1.54) is 11.1 Å². The first-order valence-electron chi connectivity index (χ1n) is 23.6. The summed E-state index contributed by atoms with van der Waals surface area (Å²) in [6, 6.07) is 51.8. The van der Waals surface area contributed by atoms with Gasteiger partial charge in [-0.3, -0.25) is 0 Å². The van der Waals surface area contributed by atoms with E-state index in [1.807, 2.05) is 42.5 Å². The van der Waals surface area contributed by atoms with E-state index in [0.29, 0.717) is 28.1 Å². The predicted molar refractivity (Wildman–Crippen MR) is 280 cm³/mol. The molecule has 0 saturated carbocycles. The molecule has 2 heterocycles. The maximum Gasteiger partial charge on any atom is 0.416 e. The highest BCUT2D eigenvalue weighted by Crippen LogP contribution is 2.46. The summed E-state index contributed by atoms with van der Waals surface area (Å²) in [6.45, 7) is 12.6. The van der Waals surface area contributed by atoms with Gasteiger partial charge in [0.2, 0.25) is 0 Å². The normalized spacial score (nSPS) is 12.2. The highest BCUT2D eigenvalue weighted by Gasteiger charge is 2.37. The molecule has 0 aliphatic carbocycles. The van der Waals surface area contributed by atoms with Gasteiger partial charge >= 0.3 is 12.4 Å². The van der Waals surface area contributed by atoms with E-state index in [0.717, 1.165) is 100 Å². The van der Waals surface area contributed by atoms with Crippen molar-refractivity contribution in [2.24, 2.45) is 0 Å². The lowest BCUT2D eigenvalue weighted by atomic mass is 9.92. The largest absolute Gasteiger partial charge is 0.416 e. The molecule has 0 aliphatic rings. The van der Waals surface area contributed by atoms with Crippen molar-refractivity contribution < 1.29 is 26.3 Å². The Morgan fingerprint density at radius 1 is 0.375 bits per heavy atom. The molecule has 0 unspecified atom stereocenters. The topological polar surface area (TPSA) is 33.6 Å². The number of fused-ring (bicyclic) bond motifs is 6. The van der Waals surface area contributed by atoms with E-state index in [1.54, 1.807) is 30.3 Å². The molecule has 11 aromatic rings. The monoisotopic (exact) mass is 957 g/mol. The Morgan fingerprint density at radius 3 is 1.22 bits per heavy atom. The Balaban J connectivity index is 1.23. The van der Waals surface area contributed by atoms with Crippen LogP contribution in [0.5, 0.6) is 0 Å². The van der Waals surface area contributed by atoms with Gasteiger partial charge in [-0.2, -0.15) is 31.6 Å². The van der Waals surface area contributed by atoms with Crippen LogP contribution in [-0.2, 0) is 12.4 Å². The number of halogens is 6. The fraction of sp³-hybridized carbons (Fsp3) is 0.127. The summed E-state index contributed by atoms with van der Waals surface area (Å²) < 4.78 is 91.0. The third kappa shape index (κ3) is 7.70. The van der Waals surface area contributed by atoms with E-state index in [4.69, 9.17) is 0 Å². The minimum absolute atomic E-state index is 0.128. The van der Waals surface area contributed by atoms with Gasteiger partial charge < -0.3 is 9.13 Å². The number of hydrogen-bond acceptors (Lipinski definition) is 1. The molecule has 9 aromatic carbocycles. The molecule has 11 rings (SSSR count). The molecule has 0 saturated heterocycles. The number of rotatable bonds is 6. The second-order valence-corrected chi connectivity index (χ2v) is 19.1. The molecule has 9 heteroatoms. The first kappa shape index (κ1) is 46.1. The molecule has 354 valence electrons. The summed E-state index contributed by atoms with van der Waals surface area (Å²) in [6.07, 6.45) is -10.1. The summed E-state index contributed by atoms with van der Waals surface area (Å²) in [7, 11) is 0. The average Bonchev–Trinajstić information content (AvgIpc) is 3.84. The first-order valence-corrected chi connectivity index (χ1v) is 23.6. The fourth-order valence-electron chi connectivity index (χ4n) is 11.3. The Bertz CT molecular complexity index is 4020. The Morgan fingerprint density at radius 2 is 0.778 bits per heavy atom. The van der Waals surface area contributed by atoms with Crippen LogP contribution in [-0.4, -0.2) is 9.13 Å². The minimum atomic E-state index is -5.06. The number of nitrogens with zero attached hydrogens (tertiary/aromatic N) is 3. The third-order valence-corrected chi connectivity index (χ3v) is 14.1. The molecule has 3 nitrogen and oxygen atoms in total. The first-order chi connectivity index (χ1) is 34.4. The summed E-state index contributed by atoms with van der Waals surface area (Å²) in [5.41, 5.74) is 14.3. The van der Waals surface area contributed by atoms with Crippen molar-refractivity contribution >= 4 is 43.6 Å². The molecule has 0 N–H and O–H groups in total. The second kappa shape index (κ2) is 16.9. The number of aromatic nitrogens is 2. The molecule has 0 fully saturated rings. The van der Waals surface area contributed by atoms with Crippen molar-refractivity contribution in [3.63, 3.8) is 0 Å². The summed E-state index contributed by atoms with van der Waals surface area (Å²) in [5, 5.41) is 14.4. The van der Waals surface area contributed by atoms with Gasteiger partial charge in [-0.1, -0.05) is 90.0 Å². The van der Waals surface area contributed by atoms with Gasteiger partial charge in [0, 0.05) is 32.7 Å². The van der Waals surface area contributed by atoms with E-state index in [-0.39, 0.29) is 17.2 Å². The van der Waals surface area contributed by atoms with Crippen LogP contribution in [0.25, 0.3) is 99.5 Å². The van der Waals surface area contributed by atoms with Gasteiger partial charge in [0.25, 0.3) is 0 Å². The van der Waals surface area contributed by atoms with Gasteiger partial charge in [-0.15, -0.1) is 0 Å². The highest BCUT2D eigenvalue weighted by atomic mass is 19.4. The zero-order valence-corrected chi connectivity index (χ0v) is 40.2. The van der Waals surface area contributed by atoms with Crippen molar-refractivity contribution in [1.29, 1.82) is 5.26 Å². The lowest BCUT2D eigenvalue weighted by Gasteiger charge is -2.21. The van der Waals surface area contributed by atoms with Crippen molar-refractivity contribution in [2.45, 2.75) is 53.9 Å². The fourth-order valence-corrected chi connectivity index (χ4v) is 11.3. The zero-order chi connectivity index (χ0) is 50.5. The molecular weight excluding hydrogens is 913 g/mol. The van der Waals surface area contributed by atoms with Gasteiger partial charge in [-0.05, 0) is 182 Å². The second-order valence-electron chi connectivity index (χ2n) is 19.1. The molecule has 0 atom stereocenters. The number of aryl methyl sites for hydroxylation is 6. The quantitative estimate of drug-likeness (QED) is 0.153. The molecule has 0 spiro atoms. The van der Waals surface area contributed by atoms with Crippen molar-refractivity contribution in [3.05, 3.63) is 214 Å². The van der Waals surface area contributed by atoms with Gasteiger partial charge in [0.1, 0.15) is 0 Å². The van der Waals surface area contributed by atoms with E-state index < -0.39 is 23.5 Å². The highest BCUT2D eigenvalue weighted by molar-refractivity contribution is 6.13. The van der Waals surface area contributed by atoms with E-state index >= 15 is 0 Å². The van der Waals surface area contributed by atoms with Crippen LogP contribution in [0.1, 0.15) is 50.1 Å². The number of hydrogen-bond donors (Lipinski definition) is 0. The van der Waals surface area contributed by atoms with E-state index in [9.17, 15) is 31.6 Å². The smallest absolute Gasteiger partial charge is 0.309 e. The lowest BCUT2D eigenvalue weighted by molar-refractivity contribution is -0.143. The van der Waals surface area contributed by atoms with Crippen molar-refractivity contribution in [3.8, 4) is 62.0 Å². The van der Waals surface area contributed by atoms with Crippen LogP contribution < -0.4 is 0 Å². The molecule has 72 heavy (non-hydrogen) atoms. The zero-order valence-electron chi connectivity index (χ0n) is 40.2. The van der Waals surface area contributed by atoms with Crippen LogP contribution in [0, 0.1) is 52.9 Å². The van der Waals surface area contributed by atoms with Crippen LogP contribution in [0.15, 0.2) is 164 Å². The molecule has 0 radical (unpaired) electrons.